The smallest absolute Gasteiger partial charge is 0.315 e. The molecule has 0 aliphatic carbocycles. The van der Waals surface area contributed by atoms with Gasteiger partial charge in [-0.1, -0.05) is 11.2 Å². The minimum atomic E-state index is -4.48. The van der Waals surface area contributed by atoms with Crippen LogP contribution in [0.2, 0.25) is 0 Å². The maximum Gasteiger partial charge on any atom is 0.315 e. The number of Topliss-reactive ketones (excluding diaryl/α,β-unsaturated/α-hetero) is 1. The number of hydrogen-bond donors (Lipinski definition) is 3. The lowest BCUT2D eigenvalue weighted by atomic mass is 10.0. The van der Waals surface area contributed by atoms with Gasteiger partial charge in [0.25, 0.3) is 10.1 Å². The molecule has 288 valence electrons. The average Bonchev–Trinajstić information content (AvgIpc) is 3.09. The van der Waals surface area contributed by atoms with Crippen LogP contribution in [0, 0.1) is 5.92 Å². The van der Waals surface area contributed by atoms with Crippen LogP contribution in [0.1, 0.15) is 32.6 Å². The molecule has 1 atom stereocenters. The van der Waals surface area contributed by atoms with Crippen molar-refractivity contribution >= 4 is 66.9 Å². The van der Waals surface area contributed by atoms with E-state index in [4.69, 9.17) is 34.8 Å². The molecule has 19 heteroatoms. The lowest BCUT2D eigenvalue weighted by Crippen LogP contribution is -2.36. The van der Waals surface area contributed by atoms with E-state index in [0.717, 1.165) is 28.7 Å². The fraction of sp³-hybridized carbons (Fsp3) is 0.500. The largest absolute Gasteiger partial charge is 0.399 e. The minimum absolute atomic E-state index is 0.0512. The third-order valence-electron chi connectivity index (χ3n) is 7.67. The first-order valence-electron chi connectivity index (χ1n) is 16.8. The summed E-state index contributed by atoms with van der Waals surface area (Å²) in [5.41, 5.74) is 17.8. The number of carbonyl (C=O) groups excluding carboxylic acids is 4. The van der Waals surface area contributed by atoms with Crippen LogP contribution in [0.4, 0.5) is 11.4 Å². The maximum atomic E-state index is 12.5. The van der Waals surface area contributed by atoms with Crippen LogP contribution < -0.4 is 15.6 Å². The Bertz CT molecular complexity index is 1880. The van der Waals surface area contributed by atoms with Crippen LogP contribution in [0.5, 0.6) is 0 Å². The Morgan fingerprint density at radius 2 is 1.47 bits per heavy atom. The van der Waals surface area contributed by atoms with Crippen molar-refractivity contribution in [2.24, 2.45) is 11.0 Å². The standard InChI is InChI=1S/C34H44N6O12S/c1-24(41)27(23-53(45,46)47)20-34(44)52-33(43)8-11-48-13-15-50-17-18-51-16-14-49-12-9-37-32(42)3-2-10-40-30-21-28(35)6-4-25(30)19-26-5-7-29(38-39-36)22-31(26)40/h4-7,19,21-22,27,35H,2-3,8-18,20,23H2,1H3,(H2,37,42,45,46,47)/p+1. The number of benzene rings is 2. The van der Waals surface area contributed by atoms with Crippen LogP contribution in [-0.4, -0.2) is 102 Å². The topological polar surface area (TPSA) is 259 Å². The molecule has 0 radical (unpaired) electrons. The van der Waals surface area contributed by atoms with Crippen LogP contribution in [0.25, 0.3) is 32.2 Å². The minimum Gasteiger partial charge on any atom is -0.399 e. The highest BCUT2D eigenvalue weighted by molar-refractivity contribution is 7.85. The molecule has 0 aliphatic heterocycles. The number of azide groups is 1. The van der Waals surface area contributed by atoms with E-state index >= 15 is 0 Å². The van der Waals surface area contributed by atoms with Crippen molar-refractivity contribution in [3.05, 3.63) is 52.9 Å². The molecule has 1 unspecified atom stereocenters. The molecule has 0 fully saturated rings. The number of nitrogen functional groups attached to an aromatic ring is 1. The van der Waals surface area contributed by atoms with Gasteiger partial charge in [0.1, 0.15) is 12.3 Å². The zero-order valence-electron chi connectivity index (χ0n) is 29.4. The second kappa shape index (κ2) is 22.3. The molecule has 1 amide bonds. The zero-order valence-corrected chi connectivity index (χ0v) is 30.3. The number of pyridine rings is 1. The molecular weight excluding hydrogens is 716 g/mol. The second-order valence-electron chi connectivity index (χ2n) is 11.8. The first-order chi connectivity index (χ1) is 25.4. The normalized spacial score (nSPS) is 12.0. The van der Waals surface area contributed by atoms with Crippen LogP contribution in [-0.2, 0) is 59.5 Å². The molecule has 53 heavy (non-hydrogen) atoms. The van der Waals surface area contributed by atoms with Crippen molar-refractivity contribution in [2.75, 3.05) is 70.9 Å². The van der Waals surface area contributed by atoms with Crippen LogP contribution >= 0.6 is 0 Å². The van der Waals surface area contributed by atoms with Gasteiger partial charge in [-0.15, -0.1) is 0 Å². The first-order valence-corrected chi connectivity index (χ1v) is 18.4. The Labute approximate surface area is 306 Å². The van der Waals surface area contributed by atoms with E-state index in [1.165, 1.54) is 0 Å². The van der Waals surface area contributed by atoms with Crippen LogP contribution in [0.3, 0.4) is 0 Å². The van der Waals surface area contributed by atoms with Gasteiger partial charge in [0.2, 0.25) is 16.9 Å². The summed E-state index contributed by atoms with van der Waals surface area (Å²) in [5.74, 6) is -4.97. The van der Waals surface area contributed by atoms with Crippen LogP contribution in [0.15, 0.2) is 47.6 Å². The van der Waals surface area contributed by atoms with Gasteiger partial charge in [-0.25, -0.2) is 0 Å². The van der Waals surface area contributed by atoms with Gasteiger partial charge in [0, 0.05) is 64.5 Å². The lowest BCUT2D eigenvalue weighted by Gasteiger charge is -2.11. The number of aryl methyl sites for hydroxylation is 1. The number of fused-ring (bicyclic) bond motifs is 2. The summed E-state index contributed by atoms with van der Waals surface area (Å²) < 4.78 is 59.0. The van der Waals surface area contributed by atoms with E-state index in [0.29, 0.717) is 70.3 Å². The Balaban J connectivity index is 1.18. The average molecular weight is 762 g/mol. The monoisotopic (exact) mass is 761 g/mol. The summed E-state index contributed by atoms with van der Waals surface area (Å²) in [4.78, 5) is 50.4. The molecular formula is C34H45N6O12S+. The number of anilines is 1. The van der Waals surface area contributed by atoms with Gasteiger partial charge in [-0.2, -0.15) is 13.0 Å². The highest BCUT2D eigenvalue weighted by Gasteiger charge is 2.26. The van der Waals surface area contributed by atoms with Gasteiger partial charge in [-0.3, -0.25) is 23.7 Å². The third kappa shape index (κ3) is 16.2. The number of ether oxygens (including phenoxy) is 5. The quantitative estimate of drug-likeness (QED) is 0.0107. The predicted octanol–water partition coefficient (Wildman–Crippen LogP) is 2.71. The molecule has 0 spiro atoms. The number of hydrogen-bond acceptors (Lipinski definition) is 13. The van der Waals surface area contributed by atoms with Gasteiger partial charge in [0.15, 0.2) is 0 Å². The molecule has 18 nitrogen and oxygen atoms in total. The predicted molar refractivity (Wildman–Crippen MR) is 191 cm³/mol. The highest BCUT2D eigenvalue weighted by Crippen LogP contribution is 2.24. The van der Waals surface area contributed by atoms with E-state index in [-0.39, 0.29) is 32.1 Å². The zero-order chi connectivity index (χ0) is 38.6. The van der Waals surface area contributed by atoms with E-state index < -0.39 is 45.9 Å². The summed E-state index contributed by atoms with van der Waals surface area (Å²) >= 11 is 0. The van der Waals surface area contributed by atoms with E-state index in [1.807, 2.05) is 36.4 Å². The van der Waals surface area contributed by atoms with Crippen molar-refractivity contribution < 1.29 is 60.4 Å². The van der Waals surface area contributed by atoms with Crippen molar-refractivity contribution in [1.82, 2.24) is 5.32 Å². The molecule has 3 aromatic rings. The highest BCUT2D eigenvalue weighted by atomic mass is 32.2. The molecule has 0 saturated carbocycles. The first kappa shape index (κ1) is 42.7. The third-order valence-corrected chi connectivity index (χ3v) is 8.49. The Hall–Kier alpha value is -4.75. The molecule has 3 rings (SSSR count). The van der Waals surface area contributed by atoms with Gasteiger partial charge < -0.3 is 34.7 Å². The van der Waals surface area contributed by atoms with Crippen molar-refractivity contribution in [2.45, 2.75) is 39.2 Å². The van der Waals surface area contributed by atoms with Crippen molar-refractivity contribution in [1.29, 1.82) is 0 Å². The summed E-state index contributed by atoms with van der Waals surface area (Å²) in [6.07, 6.45) is -0.0280. The van der Waals surface area contributed by atoms with Crippen molar-refractivity contribution in [3.63, 3.8) is 0 Å². The molecule has 4 N–H and O–H groups in total. The summed E-state index contributed by atoms with van der Waals surface area (Å²) in [6, 6.07) is 13.2. The number of esters is 2. The number of nitrogens with one attached hydrogen (secondary N) is 1. The Morgan fingerprint density at radius 1 is 0.868 bits per heavy atom. The molecule has 0 saturated heterocycles. The number of ketones is 1. The molecule has 1 aromatic heterocycles. The van der Waals surface area contributed by atoms with Gasteiger partial charge in [0.05, 0.1) is 71.4 Å². The van der Waals surface area contributed by atoms with Gasteiger partial charge >= 0.3 is 11.9 Å². The lowest BCUT2D eigenvalue weighted by molar-refractivity contribution is -0.645. The summed E-state index contributed by atoms with van der Waals surface area (Å²) in [6.45, 7) is 3.92. The summed E-state index contributed by atoms with van der Waals surface area (Å²) in [5, 5.41) is 8.55. The molecule has 0 bridgehead atoms. The fourth-order valence-corrected chi connectivity index (χ4v) is 5.98. The number of nitrogens with zero attached hydrogens (tertiary/aromatic N) is 4. The second-order valence-corrected chi connectivity index (χ2v) is 13.3. The van der Waals surface area contributed by atoms with E-state index in [2.05, 4.69) is 24.6 Å². The Morgan fingerprint density at radius 3 is 2.09 bits per heavy atom. The fourth-order valence-electron chi connectivity index (χ4n) is 5.12. The molecule has 1 heterocycles. The van der Waals surface area contributed by atoms with Crippen molar-refractivity contribution in [3.8, 4) is 0 Å². The van der Waals surface area contributed by atoms with E-state index in [1.54, 1.807) is 6.07 Å². The summed E-state index contributed by atoms with van der Waals surface area (Å²) in [7, 11) is -4.48. The SMILES string of the molecule is CC(=O)C(CC(=O)OC(=O)CCOCCOCCOCCOCCNC(=O)CCC[n+]1c2cc(N)ccc2cc2ccc(N=[N+]=[N-])cc21)CS(=O)(=O)O. The Kier molecular flexibility index (Phi) is 18.0. The number of aromatic nitrogens is 1. The van der Waals surface area contributed by atoms with Gasteiger partial charge in [-0.05, 0) is 36.7 Å². The number of carbonyl (C=O) groups is 4. The number of amides is 1. The molecule has 0 aliphatic rings. The number of nitrogens with two attached hydrogens (primary N) is 1. The maximum absolute atomic E-state index is 12.5. The molecule has 2 aromatic carbocycles. The number of rotatable bonds is 25. The van der Waals surface area contributed by atoms with E-state index in [9.17, 15) is 27.6 Å².